The zero-order valence-corrected chi connectivity index (χ0v) is 18.4. The van der Waals surface area contributed by atoms with Crippen LogP contribution < -0.4 is 5.32 Å². The minimum Gasteiger partial charge on any atom is -0.459 e. The van der Waals surface area contributed by atoms with Crippen LogP contribution in [0.3, 0.4) is 0 Å². The third kappa shape index (κ3) is 5.36. The summed E-state index contributed by atoms with van der Waals surface area (Å²) in [4.78, 5) is 20.5. The van der Waals surface area contributed by atoms with Crippen molar-refractivity contribution >= 4 is 16.9 Å². The van der Waals surface area contributed by atoms with E-state index in [1.807, 2.05) is 54.6 Å². The predicted octanol–water partition coefficient (Wildman–Crippen LogP) is 3.79. The maximum atomic E-state index is 12.8. The zero-order chi connectivity index (χ0) is 22.5. The van der Waals surface area contributed by atoms with Crippen molar-refractivity contribution in [2.24, 2.45) is 11.8 Å². The lowest BCUT2D eigenvalue weighted by Gasteiger charge is -2.30. The summed E-state index contributed by atoms with van der Waals surface area (Å²) in [5, 5.41) is 12.1. The average Bonchev–Trinajstić information content (AvgIpc) is 3.24. The van der Waals surface area contributed by atoms with Crippen LogP contribution in [0.1, 0.15) is 37.2 Å². The highest BCUT2D eigenvalue weighted by molar-refractivity contribution is 5.91. The molecule has 0 unspecified atom stereocenters. The van der Waals surface area contributed by atoms with Gasteiger partial charge in [0.25, 0.3) is 5.91 Å². The Bertz CT molecular complexity index is 1060. The molecule has 3 N–H and O–H groups in total. The number of carbonyl (C=O) groups excluding carboxylic acids is 1. The molecule has 7 nitrogen and oxygen atoms in total. The summed E-state index contributed by atoms with van der Waals surface area (Å²) in [5.74, 6) is 1.23. The number of amides is 1. The molecule has 7 heteroatoms. The number of imidazole rings is 1. The number of hydrogen-bond acceptors (Lipinski definition) is 5. The Morgan fingerprint density at radius 2 is 1.97 bits per heavy atom. The quantitative estimate of drug-likeness (QED) is 0.500. The molecule has 32 heavy (non-hydrogen) atoms. The molecule has 0 bridgehead atoms. The maximum Gasteiger partial charge on any atom is 0.286 e. The van der Waals surface area contributed by atoms with E-state index in [2.05, 4.69) is 29.1 Å². The summed E-state index contributed by atoms with van der Waals surface area (Å²) in [6.07, 6.45) is 2.08. The van der Waals surface area contributed by atoms with Gasteiger partial charge in [-0.25, -0.2) is 4.98 Å². The van der Waals surface area contributed by atoms with Crippen molar-refractivity contribution in [3.05, 3.63) is 77.3 Å². The lowest BCUT2D eigenvalue weighted by molar-refractivity contribution is -0.155. The highest BCUT2D eigenvalue weighted by Crippen LogP contribution is 2.29. The summed E-state index contributed by atoms with van der Waals surface area (Å²) in [5.41, 5.74) is 3.64. The Morgan fingerprint density at radius 1 is 1.22 bits per heavy atom. The first-order chi connectivity index (χ1) is 15.5. The molecule has 0 fully saturated rings. The summed E-state index contributed by atoms with van der Waals surface area (Å²) in [6, 6.07) is 15.3. The highest BCUT2D eigenvalue weighted by atomic mass is 16.7. The van der Waals surface area contributed by atoms with Gasteiger partial charge in [-0.15, -0.1) is 0 Å². The van der Waals surface area contributed by atoms with Gasteiger partial charge in [0, 0.05) is 6.42 Å². The number of nitrogens with one attached hydrogen (secondary N) is 2. The lowest BCUT2D eigenvalue weighted by atomic mass is 9.90. The van der Waals surface area contributed by atoms with Crippen LogP contribution in [-0.2, 0) is 34.0 Å². The second kappa shape index (κ2) is 9.97. The number of aliphatic hydroxyl groups is 1. The Kier molecular flexibility index (Phi) is 6.87. The van der Waals surface area contributed by atoms with Crippen LogP contribution in [0.4, 0.5) is 0 Å². The fraction of sp³-hybridized carbons (Fsp3) is 0.360. The van der Waals surface area contributed by atoms with Crippen molar-refractivity contribution in [1.82, 2.24) is 15.3 Å². The fourth-order valence-corrected chi connectivity index (χ4v) is 3.68. The Morgan fingerprint density at radius 3 is 2.69 bits per heavy atom. The fourth-order valence-electron chi connectivity index (χ4n) is 3.68. The number of rotatable bonds is 8. The van der Waals surface area contributed by atoms with E-state index >= 15 is 0 Å². The molecule has 0 spiro atoms. The first kappa shape index (κ1) is 22.0. The van der Waals surface area contributed by atoms with Crippen molar-refractivity contribution in [3.8, 4) is 0 Å². The van der Waals surface area contributed by atoms with E-state index in [0.29, 0.717) is 24.8 Å². The van der Waals surface area contributed by atoms with Gasteiger partial charge in [-0.2, -0.15) is 0 Å². The van der Waals surface area contributed by atoms with E-state index in [1.165, 1.54) is 0 Å². The number of hydrogen-bond donors (Lipinski definition) is 3. The van der Waals surface area contributed by atoms with Crippen LogP contribution in [0.5, 0.6) is 0 Å². The van der Waals surface area contributed by atoms with Crippen LogP contribution in [0, 0.1) is 11.8 Å². The standard InChI is InChI=1S/C25H29N3O4/c1-16(2)19-11-22(25(30)26-13-23-27-20-5-3-4-6-21(20)28-23)32-24(12-19)31-15-18-9-7-17(14-29)8-10-18/h3-11,16,19,24,29H,12-15H2,1-2H3,(H,26,30)(H,27,28)/t19-,24+/m0/s1. The Hall–Kier alpha value is -3.16. The van der Waals surface area contributed by atoms with Gasteiger partial charge in [0.1, 0.15) is 5.82 Å². The highest BCUT2D eigenvalue weighted by Gasteiger charge is 2.29. The van der Waals surface area contributed by atoms with E-state index in [9.17, 15) is 9.90 Å². The number of aromatic nitrogens is 2. The summed E-state index contributed by atoms with van der Waals surface area (Å²) < 4.78 is 11.9. The van der Waals surface area contributed by atoms with Crippen LogP contribution >= 0.6 is 0 Å². The molecule has 0 saturated carbocycles. The van der Waals surface area contributed by atoms with Crippen molar-refractivity contribution in [1.29, 1.82) is 0 Å². The molecular formula is C25H29N3O4. The number of allylic oxidation sites excluding steroid dienone is 1. The average molecular weight is 436 g/mol. The third-order valence-corrected chi connectivity index (χ3v) is 5.66. The van der Waals surface area contributed by atoms with E-state index in [-0.39, 0.29) is 30.7 Å². The molecule has 168 valence electrons. The molecule has 0 radical (unpaired) electrons. The zero-order valence-electron chi connectivity index (χ0n) is 18.4. The molecule has 2 aromatic carbocycles. The van der Waals surface area contributed by atoms with E-state index in [0.717, 1.165) is 22.2 Å². The van der Waals surface area contributed by atoms with Crippen LogP contribution in [-0.4, -0.2) is 27.3 Å². The maximum absolute atomic E-state index is 12.8. The molecule has 0 saturated heterocycles. The van der Waals surface area contributed by atoms with Gasteiger partial charge in [-0.1, -0.05) is 50.2 Å². The van der Waals surface area contributed by atoms with Crippen LogP contribution in [0.15, 0.2) is 60.4 Å². The number of nitrogens with zero attached hydrogens (tertiary/aromatic N) is 1. The van der Waals surface area contributed by atoms with E-state index < -0.39 is 6.29 Å². The summed E-state index contributed by atoms with van der Waals surface area (Å²) in [6.45, 7) is 4.92. The van der Waals surface area contributed by atoms with Crippen molar-refractivity contribution in [2.75, 3.05) is 0 Å². The molecule has 1 amide bonds. The van der Waals surface area contributed by atoms with Crippen molar-refractivity contribution in [2.45, 2.75) is 46.3 Å². The van der Waals surface area contributed by atoms with Crippen LogP contribution in [0.25, 0.3) is 11.0 Å². The minimum absolute atomic E-state index is 0.0141. The van der Waals surface area contributed by atoms with Crippen molar-refractivity contribution < 1.29 is 19.4 Å². The Balaban J connectivity index is 1.37. The van der Waals surface area contributed by atoms with E-state index in [4.69, 9.17) is 9.47 Å². The van der Waals surface area contributed by atoms with Gasteiger partial charge in [0.05, 0.1) is 30.8 Å². The molecule has 0 aliphatic carbocycles. The van der Waals surface area contributed by atoms with E-state index in [1.54, 1.807) is 0 Å². The first-order valence-electron chi connectivity index (χ1n) is 10.9. The van der Waals surface area contributed by atoms with Gasteiger partial charge < -0.3 is 24.9 Å². The number of aromatic amines is 1. The largest absolute Gasteiger partial charge is 0.459 e. The second-order valence-corrected chi connectivity index (χ2v) is 8.39. The molecule has 4 rings (SSSR count). The number of H-pyrrole nitrogens is 1. The lowest BCUT2D eigenvalue weighted by Crippen LogP contribution is -2.34. The minimum atomic E-state index is -0.503. The number of para-hydroxylation sites is 2. The molecule has 3 aromatic rings. The smallest absolute Gasteiger partial charge is 0.286 e. The number of aliphatic hydroxyl groups excluding tert-OH is 1. The molecule has 2 atom stereocenters. The van der Waals surface area contributed by atoms with Gasteiger partial charge in [0.2, 0.25) is 6.29 Å². The topological polar surface area (TPSA) is 96.5 Å². The number of benzene rings is 2. The third-order valence-electron chi connectivity index (χ3n) is 5.66. The number of ether oxygens (including phenoxy) is 2. The monoisotopic (exact) mass is 435 g/mol. The van der Waals surface area contributed by atoms with Gasteiger partial charge in [-0.3, -0.25) is 4.79 Å². The molecule has 1 aliphatic rings. The first-order valence-corrected chi connectivity index (χ1v) is 10.9. The summed E-state index contributed by atoms with van der Waals surface area (Å²) >= 11 is 0. The molecule has 1 aromatic heterocycles. The van der Waals surface area contributed by atoms with Gasteiger partial charge in [-0.05, 0) is 41.2 Å². The van der Waals surface area contributed by atoms with Crippen LogP contribution in [0.2, 0.25) is 0 Å². The predicted molar refractivity (Wildman–Crippen MR) is 121 cm³/mol. The summed E-state index contributed by atoms with van der Waals surface area (Å²) in [7, 11) is 0. The molecule has 2 heterocycles. The normalized spacial score (nSPS) is 18.4. The SMILES string of the molecule is CC(C)[C@H]1C=C(C(=O)NCc2nc3ccccc3[nH]2)O[C@@H](OCc2ccc(CO)cc2)C1. The molecular weight excluding hydrogens is 406 g/mol. The van der Waals surface area contributed by atoms with Gasteiger partial charge in [0.15, 0.2) is 5.76 Å². The van der Waals surface area contributed by atoms with Crippen molar-refractivity contribution in [3.63, 3.8) is 0 Å². The molecule has 1 aliphatic heterocycles. The Labute approximate surface area is 187 Å². The van der Waals surface area contributed by atoms with Gasteiger partial charge >= 0.3 is 0 Å². The number of fused-ring (bicyclic) bond motifs is 1. The number of carbonyl (C=O) groups is 1. The second-order valence-electron chi connectivity index (χ2n) is 8.39.